The van der Waals surface area contributed by atoms with E-state index in [1.165, 1.54) is 57.8 Å². The van der Waals surface area contributed by atoms with E-state index in [2.05, 4.69) is 12.2 Å². The van der Waals surface area contributed by atoms with Crippen LogP contribution in [0.5, 0.6) is 0 Å². The number of carbonyl (C=O) groups is 2. The molecule has 1 aromatic rings. The molecule has 2 fully saturated rings. The molecular weight excluding hydrogens is 336 g/mol. The van der Waals surface area contributed by atoms with Crippen molar-refractivity contribution in [3.05, 3.63) is 29.8 Å². The number of rotatable bonds is 6. The number of hydrogen-bond donors (Lipinski definition) is 1. The van der Waals surface area contributed by atoms with Crippen LogP contribution in [0, 0.1) is 11.8 Å². The Hall–Kier alpha value is -1.84. The Morgan fingerprint density at radius 1 is 1.00 bits per heavy atom. The van der Waals surface area contributed by atoms with Gasteiger partial charge in [0.1, 0.15) is 0 Å². The fraction of sp³-hybridized carbons (Fsp3) is 0.652. The molecule has 0 unspecified atom stereocenters. The average Bonchev–Trinajstić information content (AvgIpc) is 3.20. The van der Waals surface area contributed by atoms with Gasteiger partial charge in [-0.3, -0.25) is 9.59 Å². The molecule has 0 aromatic heterocycles. The van der Waals surface area contributed by atoms with Gasteiger partial charge in [-0.2, -0.15) is 0 Å². The minimum atomic E-state index is 0.0666. The summed E-state index contributed by atoms with van der Waals surface area (Å²) in [7, 11) is 1.92. The monoisotopic (exact) mass is 370 g/mol. The maximum atomic E-state index is 12.8. The predicted molar refractivity (Wildman–Crippen MR) is 110 cm³/mol. The van der Waals surface area contributed by atoms with Crippen LogP contribution in [0.15, 0.2) is 24.3 Å². The van der Waals surface area contributed by atoms with E-state index in [9.17, 15) is 9.59 Å². The molecule has 0 radical (unpaired) electrons. The first kappa shape index (κ1) is 19.9. The minimum absolute atomic E-state index is 0.0666. The topological polar surface area (TPSA) is 49.4 Å². The van der Waals surface area contributed by atoms with E-state index in [-0.39, 0.29) is 17.9 Å². The minimum Gasteiger partial charge on any atom is -0.339 e. The van der Waals surface area contributed by atoms with Crippen LogP contribution in [0.3, 0.4) is 0 Å². The number of hydrogen-bond acceptors (Lipinski definition) is 2. The van der Waals surface area contributed by atoms with Gasteiger partial charge in [-0.05, 0) is 68.7 Å². The van der Waals surface area contributed by atoms with Gasteiger partial charge in [0.25, 0.3) is 5.91 Å². The average molecular weight is 371 g/mol. The second-order valence-corrected chi connectivity index (χ2v) is 8.53. The molecule has 0 saturated heterocycles. The highest BCUT2D eigenvalue weighted by molar-refractivity contribution is 5.95. The van der Waals surface area contributed by atoms with Gasteiger partial charge in [0.15, 0.2) is 0 Å². The van der Waals surface area contributed by atoms with E-state index in [0.717, 1.165) is 5.69 Å². The molecule has 0 heterocycles. The zero-order valence-corrected chi connectivity index (χ0v) is 16.9. The number of anilines is 1. The third-order valence-corrected chi connectivity index (χ3v) is 6.63. The standard InChI is InChI=1S/C23H34N2O2/c1-17(19-10-4-3-5-11-19)25(2)23(27)20-12-14-21(15-13-20)24-22(26)16-18-8-6-7-9-18/h12-15,17-19H,3-11,16H2,1-2H3,(H,24,26)/t17-/m1/s1. The summed E-state index contributed by atoms with van der Waals surface area (Å²) in [6, 6.07) is 7.62. The van der Waals surface area contributed by atoms with Crippen LogP contribution in [0.1, 0.15) is 81.5 Å². The molecule has 2 aliphatic rings. The van der Waals surface area contributed by atoms with E-state index in [0.29, 0.717) is 23.8 Å². The van der Waals surface area contributed by atoms with Gasteiger partial charge in [-0.15, -0.1) is 0 Å². The molecule has 1 aromatic carbocycles. The second kappa shape index (κ2) is 9.38. The molecule has 4 heteroatoms. The Balaban J connectivity index is 1.53. The van der Waals surface area contributed by atoms with Crippen molar-refractivity contribution in [1.29, 1.82) is 0 Å². The molecule has 2 saturated carbocycles. The van der Waals surface area contributed by atoms with Gasteiger partial charge < -0.3 is 10.2 Å². The molecular formula is C23H34N2O2. The highest BCUT2D eigenvalue weighted by atomic mass is 16.2. The van der Waals surface area contributed by atoms with Crippen LogP contribution in [0.2, 0.25) is 0 Å². The van der Waals surface area contributed by atoms with Crippen molar-refractivity contribution in [3.8, 4) is 0 Å². The first-order valence-electron chi connectivity index (χ1n) is 10.7. The number of amides is 2. The summed E-state index contributed by atoms with van der Waals surface area (Å²) in [6.45, 7) is 2.17. The Morgan fingerprint density at radius 2 is 1.59 bits per heavy atom. The summed E-state index contributed by atoms with van der Waals surface area (Å²) in [5.41, 5.74) is 1.46. The quantitative estimate of drug-likeness (QED) is 0.744. The fourth-order valence-corrected chi connectivity index (χ4v) is 4.71. The Kier molecular flexibility index (Phi) is 6.92. The summed E-state index contributed by atoms with van der Waals surface area (Å²) in [4.78, 5) is 26.9. The molecule has 4 nitrogen and oxygen atoms in total. The zero-order chi connectivity index (χ0) is 19.2. The lowest BCUT2D eigenvalue weighted by atomic mass is 9.84. The molecule has 3 rings (SSSR count). The van der Waals surface area contributed by atoms with Crippen LogP contribution in [0.4, 0.5) is 5.69 Å². The van der Waals surface area contributed by atoms with Crippen molar-refractivity contribution in [2.24, 2.45) is 11.8 Å². The van der Waals surface area contributed by atoms with Crippen LogP contribution < -0.4 is 5.32 Å². The predicted octanol–water partition coefficient (Wildman–Crippen LogP) is 5.25. The zero-order valence-electron chi connectivity index (χ0n) is 16.9. The van der Waals surface area contributed by atoms with Gasteiger partial charge in [0, 0.05) is 30.8 Å². The van der Waals surface area contributed by atoms with Gasteiger partial charge in [-0.1, -0.05) is 32.1 Å². The molecule has 0 spiro atoms. The maximum Gasteiger partial charge on any atom is 0.253 e. The fourth-order valence-electron chi connectivity index (χ4n) is 4.71. The highest BCUT2D eigenvalue weighted by Gasteiger charge is 2.26. The normalized spacial score (nSPS) is 19.6. The van der Waals surface area contributed by atoms with Crippen LogP contribution in [-0.2, 0) is 4.79 Å². The lowest BCUT2D eigenvalue weighted by Gasteiger charge is -2.34. The Labute approximate surface area is 163 Å². The van der Waals surface area contributed by atoms with Crippen molar-refractivity contribution >= 4 is 17.5 Å². The molecule has 2 aliphatic carbocycles. The SMILES string of the molecule is C[C@H](C1CCCCC1)N(C)C(=O)c1ccc(NC(=O)CC2CCCC2)cc1. The van der Waals surface area contributed by atoms with Crippen LogP contribution in [0.25, 0.3) is 0 Å². The summed E-state index contributed by atoms with van der Waals surface area (Å²) in [5.74, 6) is 1.31. The van der Waals surface area contributed by atoms with E-state index in [4.69, 9.17) is 0 Å². The lowest BCUT2D eigenvalue weighted by molar-refractivity contribution is -0.117. The summed E-state index contributed by atoms with van der Waals surface area (Å²) < 4.78 is 0. The number of nitrogens with one attached hydrogen (secondary N) is 1. The maximum absolute atomic E-state index is 12.8. The molecule has 148 valence electrons. The van der Waals surface area contributed by atoms with Gasteiger partial charge >= 0.3 is 0 Å². The smallest absolute Gasteiger partial charge is 0.253 e. The first-order valence-corrected chi connectivity index (χ1v) is 10.7. The number of carbonyl (C=O) groups excluding carboxylic acids is 2. The largest absolute Gasteiger partial charge is 0.339 e. The van der Waals surface area contributed by atoms with Crippen molar-refractivity contribution < 1.29 is 9.59 Å². The molecule has 0 aliphatic heterocycles. The van der Waals surface area contributed by atoms with E-state index in [1.807, 2.05) is 36.2 Å². The Bertz CT molecular complexity index is 628. The second-order valence-electron chi connectivity index (χ2n) is 8.53. The molecule has 2 amide bonds. The van der Waals surface area contributed by atoms with Crippen molar-refractivity contribution in [1.82, 2.24) is 4.90 Å². The van der Waals surface area contributed by atoms with Crippen LogP contribution >= 0.6 is 0 Å². The molecule has 1 N–H and O–H groups in total. The van der Waals surface area contributed by atoms with Crippen molar-refractivity contribution in [2.75, 3.05) is 12.4 Å². The van der Waals surface area contributed by atoms with Gasteiger partial charge in [0.2, 0.25) is 5.91 Å². The number of nitrogens with zero attached hydrogens (tertiary/aromatic N) is 1. The summed E-state index contributed by atoms with van der Waals surface area (Å²) >= 11 is 0. The van der Waals surface area contributed by atoms with E-state index < -0.39 is 0 Å². The highest BCUT2D eigenvalue weighted by Crippen LogP contribution is 2.29. The summed E-state index contributed by atoms with van der Waals surface area (Å²) in [6.07, 6.45) is 11.8. The summed E-state index contributed by atoms with van der Waals surface area (Å²) in [5, 5.41) is 2.97. The van der Waals surface area contributed by atoms with E-state index >= 15 is 0 Å². The molecule has 0 bridgehead atoms. The van der Waals surface area contributed by atoms with Gasteiger partial charge in [0.05, 0.1) is 0 Å². The van der Waals surface area contributed by atoms with Crippen LogP contribution in [-0.4, -0.2) is 29.8 Å². The number of benzene rings is 1. The van der Waals surface area contributed by atoms with Crippen molar-refractivity contribution in [3.63, 3.8) is 0 Å². The Morgan fingerprint density at radius 3 is 2.22 bits per heavy atom. The van der Waals surface area contributed by atoms with Crippen molar-refractivity contribution in [2.45, 2.75) is 77.2 Å². The lowest BCUT2D eigenvalue weighted by Crippen LogP contribution is -2.40. The third-order valence-electron chi connectivity index (χ3n) is 6.63. The third kappa shape index (κ3) is 5.33. The molecule has 1 atom stereocenters. The molecule has 27 heavy (non-hydrogen) atoms. The first-order chi connectivity index (χ1) is 13.0. The van der Waals surface area contributed by atoms with E-state index in [1.54, 1.807) is 0 Å². The van der Waals surface area contributed by atoms with Gasteiger partial charge in [-0.25, -0.2) is 0 Å².